The van der Waals surface area contributed by atoms with Crippen LogP contribution in [-0.4, -0.2) is 16.7 Å². The number of nitrogens with one attached hydrogen (secondary N) is 1. The highest BCUT2D eigenvalue weighted by Crippen LogP contribution is 2.16. The van der Waals surface area contributed by atoms with Crippen LogP contribution in [0.15, 0.2) is 34.1 Å². The Morgan fingerprint density at radius 3 is 2.57 bits per heavy atom. The Morgan fingerprint density at radius 1 is 1.24 bits per heavy atom. The first-order chi connectivity index (χ1) is 10.0. The zero-order chi connectivity index (χ0) is 15.2. The fourth-order valence-corrected chi connectivity index (χ4v) is 2.75. The van der Waals surface area contributed by atoms with Crippen molar-refractivity contribution in [2.24, 2.45) is 0 Å². The minimum Gasteiger partial charge on any atom is -0.302 e. The molecule has 6 heteroatoms. The number of amides is 1. The quantitative estimate of drug-likeness (QED) is 0.779. The van der Waals surface area contributed by atoms with Crippen molar-refractivity contribution in [3.63, 3.8) is 0 Å². The van der Waals surface area contributed by atoms with E-state index in [0.29, 0.717) is 30.0 Å². The van der Waals surface area contributed by atoms with Crippen LogP contribution in [0, 0.1) is 6.92 Å². The number of thiazole rings is 1. The van der Waals surface area contributed by atoms with Gasteiger partial charge in [-0.3, -0.25) is 9.59 Å². The van der Waals surface area contributed by atoms with Crippen molar-refractivity contribution in [2.75, 3.05) is 5.32 Å². The number of anilines is 1. The maximum Gasteiger partial charge on any atom is 0.226 e. The average molecular weight is 367 g/mol. The predicted octanol–water partition coefficient (Wildman–Crippen LogP) is 4.21. The Kier molecular flexibility index (Phi) is 5.64. The number of nitrogens with zero attached hydrogens (tertiary/aromatic N) is 1. The van der Waals surface area contributed by atoms with Crippen molar-refractivity contribution in [2.45, 2.75) is 26.2 Å². The molecular formula is C15H15BrN2O2S. The Labute approximate surface area is 135 Å². The highest BCUT2D eigenvalue weighted by atomic mass is 79.9. The monoisotopic (exact) mass is 366 g/mol. The summed E-state index contributed by atoms with van der Waals surface area (Å²) in [4.78, 5) is 27.8. The SMILES string of the molecule is Cc1csc(NC(=O)CCCC(=O)c2ccc(Br)cc2)n1. The summed E-state index contributed by atoms with van der Waals surface area (Å²) < 4.78 is 0.942. The second-order valence-electron chi connectivity index (χ2n) is 4.63. The van der Waals surface area contributed by atoms with Gasteiger partial charge in [-0.15, -0.1) is 11.3 Å². The van der Waals surface area contributed by atoms with Gasteiger partial charge in [0.1, 0.15) is 0 Å². The van der Waals surface area contributed by atoms with Crippen LogP contribution in [-0.2, 0) is 4.79 Å². The van der Waals surface area contributed by atoms with E-state index in [2.05, 4.69) is 26.2 Å². The molecule has 4 nitrogen and oxygen atoms in total. The molecule has 0 aliphatic carbocycles. The first-order valence-corrected chi connectivity index (χ1v) is 8.22. The molecule has 110 valence electrons. The number of hydrogen-bond donors (Lipinski definition) is 1. The zero-order valence-electron chi connectivity index (χ0n) is 11.6. The van der Waals surface area contributed by atoms with Gasteiger partial charge in [-0.1, -0.05) is 28.1 Å². The molecule has 0 aliphatic heterocycles. The molecule has 0 saturated heterocycles. The van der Waals surface area contributed by atoms with Gasteiger partial charge in [0.15, 0.2) is 10.9 Å². The van der Waals surface area contributed by atoms with Gasteiger partial charge < -0.3 is 5.32 Å². The largest absolute Gasteiger partial charge is 0.302 e. The fourth-order valence-electron chi connectivity index (χ4n) is 1.78. The zero-order valence-corrected chi connectivity index (χ0v) is 14.0. The van der Waals surface area contributed by atoms with Gasteiger partial charge in [-0.2, -0.15) is 0 Å². The molecule has 2 aromatic rings. The Hall–Kier alpha value is -1.53. The number of aryl methyl sites for hydroxylation is 1. The normalized spacial score (nSPS) is 10.4. The molecule has 0 aliphatic rings. The third-order valence-corrected chi connectivity index (χ3v) is 4.24. The third-order valence-electron chi connectivity index (χ3n) is 2.84. The van der Waals surface area contributed by atoms with Crippen LogP contribution in [0.2, 0.25) is 0 Å². The summed E-state index contributed by atoms with van der Waals surface area (Å²) in [6.07, 6.45) is 1.22. The van der Waals surface area contributed by atoms with Gasteiger partial charge in [0.2, 0.25) is 5.91 Å². The highest BCUT2D eigenvalue weighted by molar-refractivity contribution is 9.10. The molecule has 1 aromatic heterocycles. The van der Waals surface area contributed by atoms with Crippen molar-refractivity contribution in [1.82, 2.24) is 4.98 Å². The minimum absolute atomic E-state index is 0.0559. The lowest BCUT2D eigenvalue weighted by atomic mass is 10.1. The van der Waals surface area contributed by atoms with Crippen molar-refractivity contribution in [3.8, 4) is 0 Å². The number of rotatable bonds is 6. The molecule has 0 atom stereocenters. The number of aromatic nitrogens is 1. The topological polar surface area (TPSA) is 59.1 Å². The maximum absolute atomic E-state index is 11.9. The summed E-state index contributed by atoms with van der Waals surface area (Å²) in [5.41, 5.74) is 1.56. The van der Waals surface area contributed by atoms with Gasteiger partial charge in [0.05, 0.1) is 5.69 Å². The number of carbonyl (C=O) groups excluding carboxylic acids is 2. The molecule has 1 amide bonds. The summed E-state index contributed by atoms with van der Waals surface area (Å²) in [6, 6.07) is 7.24. The number of carbonyl (C=O) groups is 2. The van der Waals surface area contributed by atoms with Crippen LogP contribution >= 0.6 is 27.3 Å². The molecule has 1 N–H and O–H groups in total. The molecule has 1 heterocycles. The molecule has 0 bridgehead atoms. The maximum atomic E-state index is 11.9. The van der Waals surface area contributed by atoms with E-state index >= 15 is 0 Å². The number of halogens is 1. The predicted molar refractivity (Wildman–Crippen MR) is 87.8 cm³/mol. The van der Waals surface area contributed by atoms with Crippen LogP contribution in [0.3, 0.4) is 0 Å². The number of Topliss-reactive ketones (excluding diaryl/α,β-unsaturated/α-hetero) is 1. The van der Waals surface area contributed by atoms with E-state index in [1.165, 1.54) is 11.3 Å². The average Bonchev–Trinajstić information content (AvgIpc) is 2.84. The summed E-state index contributed by atoms with van der Waals surface area (Å²) >= 11 is 4.73. The van der Waals surface area contributed by atoms with Crippen LogP contribution in [0.4, 0.5) is 5.13 Å². The molecule has 0 spiro atoms. The van der Waals surface area contributed by atoms with E-state index in [1.54, 1.807) is 12.1 Å². The molecule has 0 saturated carbocycles. The van der Waals surface area contributed by atoms with E-state index < -0.39 is 0 Å². The number of benzene rings is 1. The van der Waals surface area contributed by atoms with Crippen molar-refractivity contribution >= 4 is 44.1 Å². The van der Waals surface area contributed by atoms with Crippen LogP contribution in [0.1, 0.15) is 35.3 Å². The minimum atomic E-state index is -0.104. The molecule has 0 fully saturated rings. The Balaban J connectivity index is 1.74. The van der Waals surface area contributed by atoms with Crippen LogP contribution in [0.25, 0.3) is 0 Å². The molecule has 2 rings (SSSR count). The molecule has 21 heavy (non-hydrogen) atoms. The summed E-state index contributed by atoms with van der Waals surface area (Å²) in [6.45, 7) is 1.88. The van der Waals surface area contributed by atoms with E-state index in [0.717, 1.165) is 10.2 Å². The fraction of sp³-hybridized carbons (Fsp3) is 0.267. The van der Waals surface area contributed by atoms with E-state index in [4.69, 9.17) is 0 Å². The van der Waals surface area contributed by atoms with Gasteiger partial charge >= 0.3 is 0 Å². The van der Waals surface area contributed by atoms with E-state index in [9.17, 15) is 9.59 Å². The van der Waals surface area contributed by atoms with Gasteiger partial charge in [0, 0.05) is 28.3 Å². The highest BCUT2D eigenvalue weighted by Gasteiger charge is 2.09. The summed E-state index contributed by atoms with van der Waals surface area (Å²) in [7, 11) is 0. The van der Waals surface area contributed by atoms with Crippen molar-refractivity contribution in [3.05, 3.63) is 45.4 Å². The molecular weight excluding hydrogens is 352 g/mol. The van der Waals surface area contributed by atoms with Gasteiger partial charge in [-0.05, 0) is 25.5 Å². The lowest BCUT2D eigenvalue weighted by Crippen LogP contribution is -2.11. The third kappa shape index (κ3) is 5.06. The molecule has 0 unspecified atom stereocenters. The van der Waals surface area contributed by atoms with Crippen molar-refractivity contribution < 1.29 is 9.59 Å². The standard InChI is InChI=1S/C15H15BrN2O2S/c1-10-9-21-15(17-10)18-14(20)4-2-3-13(19)11-5-7-12(16)8-6-11/h5-9H,2-4H2,1H3,(H,17,18,20). The molecule has 1 aromatic carbocycles. The summed E-state index contributed by atoms with van der Waals surface area (Å²) in [5, 5.41) is 5.22. The van der Waals surface area contributed by atoms with Crippen molar-refractivity contribution in [1.29, 1.82) is 0 Å². The Bertz CT molecular complexity index is 637. The van der Waals surface area contributed by atoms with E-state index in [1.807, 2.05) is 24.4 Å². The smallest absolute Gasteiger partial charge is 0.226 e. The van der Waals surface area contributed by atoms with Gasteiger partial charge in [-0.25, -0.2) is 4.98 Å². The summed E-state index contributed by atoms with van der Waals surface area (Å²) in [5.74, 6) is -0.0478. The second kappa shape index (κ2) is 7.47. The second-order valence-corrected chi connectivity index (χ2v) is 6.40. The first-order valence-electron chi connectivity index (χ1n) is 6.55. The van der Waals surface area contributed by atoms with Crippen LogP contribution < -0.4 is 5.32 Å². The Morgan fingerprint density at radius 2 is 1.95 bits per heavy atom. The first kappa shape index (κ1) is 15.9. The lowest BCUT2D eigenvalue weighted by molar-refractivity contribution is -0.116. The number of ketones is 1. The van der Waals surface area contributed by atoms with Crippen LogP contribution in [0.5, 0.6) is 0 Å². The van der Waals surface area contributed by atoms with Gasteiger partial charge in [0.25, 0.3) is 0 Å². The lowest BCUT2D eigenvalue weighted by Gasteiger charge is -2.02. The number of hydrogen-bond acceptors (Lipinski definition) is 4. The van der Waals surface area contributed by atoms with E-state index in [-0.39, 0.29) is 11.7 Å². The molecule has 0 radical (unpaired) electrons.